The Kier molecular flexibility index (Phi) is 5.66. The minimum Gasteiger partial charge on any atom is -0.508 e. The number of rotatable bonds is 0. The molecular weight excluding hydrogens is 310 g/mol. The molecule has 0 saturated carbocycles. The summed E-state index contributed by atoms with van der Waals surface area (Å²) in [5.41, 5.74) is 4.14. The molecule has 1 aromatic rings. The van der Waals surface area contributed by atoms with Gasteiger partial charge >= 0.3 is 0 Å². The quantitative estimate of drug-likeness (QED) is 0.768. The monoisotopic (exact) mass is 329 g/mol. The minimum absolute atomic E-state index is 0. The van der Waals surface area contributed by atoms with Crippen molar-refractivity contribution in [3.63, 3.8) is 0 Å². The van der Waals surface area contributed by atoms with E-state index < -0.39 is 5.97 Å². The third-order valence-corrected chi connectivity index (χ3v) is 3.32. The van der Waals surface area contributed by atoms with E-state index in [-0.39, 0.29) is 17.0 Å². The molecule has 0 aromatic heterocycles. The Hall–Kier alpha value is -1.23. The van der Waals surface area contributed by atoms with E-state index in [1.54, 1.807) is 0 Å². The molecule has 0 saturated heterocycles. The maximum absolute atomic E-state index is 9.59. The Morgan fingerprint density at radius 3 is 2.00 bits per heavy atom. The molecule has 106 valence electrons. The van der Waals surface area contributed by atoms with E-state index in [9.17, 15) is 5.11 Å². The number of carbonyl (C=O) groups is 1. The van der Waals surface area contributed by atoms with Crippen molar-refractivity contribution in [1.29, 1.82) is 0 Å². The summed E-state index contributed by atoms with van der Waals surface area (Å²) in [5.74, 6) is -0.387. The minimum atomic E-state index is -0.833. The van der Waals surface area contributed by atoms with Crippen LogP contribution in [0.2, 0.25) is 0 Å². The van der Waals surface area contributed by atoms with E-state index in [0.717, 1.165) is 19.8 Å². The van der Waals surface area contributed by atoms with E-state index in [2.05, 4.69) is 4.90 Å². The second-order valence-corrected chi connectivity index (χ2v) is 4.83. The lowest BCUT2D eigenvalue weighted by molar-refractivity contribution is -0.134. The molecule has 0 atom stereocenters. The number of nitrogens with zero attached hydrogens (tertiary/aromatic N) is 1. The predicted molar refractivity (Wildman–Crippen MR) is 80.6 cm³/mol. The molecule has 0 amide bonds. The summed E-state index contributed by atoms with van der Waals surface area (Å²) in [6.45, 7) is 3.48. The highest BCUT2D eigenvalue weighted by molar-refractivity contribution is 8.93. The number of aryl methyl sites for hydroxylation is 2. The normalized spacial score (nSPS) is 15.5. The Morgan fingerprint density at radius 2 is 1.58 bits per heavy atom. The fraction of sp³-hybridized carbons (Fsp3) is 0.500. The van der Waals surface area contributed by atoms with Gasteiger partial charge in [0.1, 0.15) is 5.75 Å². The van der Waals surface area contributed by atoms with Gasteiger partial charge in [-0.1, -0.05) is 0 Å². The average molecular weight is 330 g/mol. The van der Waals surface area contributed by atoms with Gasteiger partial charge in [0, 0.05) is 25.7 Å². The van der Waals surface area contributed by atoms with Gasteiger partial charge in [-0.05, 0) is 48.9 Å². The van der Waals surface area contributed by atoms with Crippen LogP contribution in [-0.2, 0) is 17.6 Å². The molecule has 0 fully saturated rings. The molecular formula is C14H20BrNO3. The Labute approximate surface area is 123 Å². The van der Waals surface area contributed by atoms with Crippen molar-refractivity contribution < 1.29 is 15.0 Å². The molecule has 0 bridgehead atoms. The van der Waals surface area contributed by atoms with Crippen LogP contribution in [0.4, 0.5) is 5.69 Å². The fourth-order valence-electron chi connectivity index (χ4n) is 2.79. The zero-order chi connectivity index (χ0) is 13.1. The maximum atomic E-state index is 9.59. The highest BCUT2D eigenvalue weighted by Gasteiger charge is 2.23. The third kappa shape index (κ3) is 3.86. The largest absolute Gasteiger partial charge is 0.508 e. The van der Waals surface area contributed by atoms with E-state index in [4.69, 9.17) is 9.90 Å². The van der Waals surface area contributed by atoms with Crippen LogP contribution in [0.1, 0.15) is 30.9 Å². The summed E-state index contributed by atoms with van der Waals surface area (Å²) < 4.78 is 0. The lowest BCUT2D eigenvalue weighted by Crippen LogP contribution is -2.34. The van der Waals surface area contributed by atoms with Crippen LogP contribution in [0.15, 0.2) is 12.1 Å². The molecule has 3 rings (SSSR count). The van der Waals surface area contributed by atoms with E-state index >= 15 is 0 Å². The number of phenolic OH excluding ortho intramolecular Hbond substituents is 1. The Bertz CT molecular complexity index is 427. The smallest absolute Gasteiger partial charge is 0.300 e. The second-order valence-electron chi connectivity index (χ2n) is 4.83. The van der Waals surface area contributed by atoms with Gasteiger partial charge in [0.15, 0.2) is 0 Å². The van der Waals surface area contributed by atoms with Crippen LogP contribution >= 0.6 is 17.0 Å². The third-order valence-electron chi connectivity index (χ3n) is 3.32. The van der Waals surface area contributed by atoms with Gasteiger partial charge in [-0.3, -0.25) is 4.79 Å². The predicted octanol–water partition coefficient (Wildman–Crippen LogP) is 2.76. The number of benzene rings is 1. The van der Waals surface area contributed by atoms with Crippen molar-refractivity contribution in [2.45, 2.75) is 32.6 Å². The summed E-state index contributed by atoms with van der Waals surface area (Å²) >= 11 is 0. The zero-order valence-electron chi connectivity index (χ0n) is 11.1. The molecule has 0 spiro atoms. The van der Waals surface area contributed by atoms with Gasteiger partial charge in [0.25, 0.3) is 5.97 Å². The SMILES string of the molecule is Br.CC(=O)O.Oc1cc2c3c(c1)CCCN3CCC2. The standard InChI is InChI=1S/C12H15NO.C2H4O2.BrH/c14-11-7-9-3-1-5-13-6-2-4-10(8-11)12(9)13;1-2(3)4;/h7-8,14H,1-6H2;1H3,(H,3,4);1H. The first kappa shape index (κ1) is 15.8. The number of aromatic hydroxyl groups is 1. The molecule has 5 heteroatoms. The van der Waals surface area contributed by atoms with E-state index in [0.29, 0.717) is 5.75 Å². The van der Waals surface area contributed by atoms with Crippen LogP contribution in [0.3, 0.4) is 0 Å². The summed E-state index contributed by atoms with van der Waals surface area (Å²) in [5, 5.41) is 17.0. The van der Waals surface area contributed by atoms with Crippen molar-refractivity contribution in [1.82, 2.24) is 0 Å². The van der Waals surface area contributed by atoms with Crippen LogP contribution in [0.5, 0.6) is 5.75 Å². The number of hydrogen-bond donors (Lipinski definition) is 2. The first-order valence-corrected chi connectivity index (χ1v) is 6.37. The van der Waals surface area contributed by atoms with Crippen LogP contribution < -0.4 is 4.90 Å². The number of aliphatic carboxylic acids is 1. The Balaban J connectivity index is 0.000000323. The van der Waals surface area contributed by atoms with Gasteiger partial charge in [0.2, 0.25) is 0 Å². The lowest BCUT2D eigenvalue weighted by atomic mass is 9.92. The molecule has 2 N–H and O–H groups in total. The second kappa shape index (κ2) is 6.80. The summed E-state index contributed by atoms with van der Waals surface area (Å²) in [6.07, 6.45) is 4.73. The summed E-state index contributed by atoms with van der Waals surface area (Å²) in [6, 6.07) is 3.88. The molecule has 2 heterocycles. The number of halogens is 1. The molecule has 4 nitrogen and oxygen atoms in total. The van der Waals surface area contributed by atoms with E-state index in [1.165, 1.54) is 42.7 Å². The molecule has 2 aliphatic rings. The van der Waals surface area contributed by atoms with Crippen LogP contribution in [-0.4, -0.2) is 29.3 Å². The highest BCUT2D eigenvalue weighted by atomic mass is 79.9. The van der Waals surface area contributed by atoms with Gasteiger partial charge in [-0.25, -0.2) is 0 Å². The van der Waals surface area contributed by atoms with Gasteiger partial charge in [-0.15, -0.1) is 17.0 Å². The fourth-order valence-corrected chi connectivity index (χ4v) is 2.79. The summed E-state index contributed by atoms with van der Waals surface area (Å²) in [4.78, 5) is 11.5. The van der Waals surface area contributed by atoms with Crippen molar-refractivity contribution in [3.05, 3.63) is 23.3 Å². The molecule has 0 aliphatic carbocycles. The average Bonchev–Trinajstić information content (AvgIpc) is 2.28. The zero-order valence-corrected chi connectivity index (χ0v) is 12.8. The molecule has 1 aromatic carbocycles. The molecule has 19 heavy (non-hydrogen) atoms. The highest BCUT2D eigenvalue weighted by Crippen LogP contribution is 2.37. The first-order chi connectivity index (χ1) is 8.58. The Morgan fingerprint density at radius 1 is 1.16 bits per heavy atom. The van der Waals surface area contributed by atoms with E-state index in [1.807, 2.05) is 12.1 Å². The number of hydrogen-bond acceptors (Lipinski definition) is 3. The van der Waals surface area contributed by atoms with Crippen molar-refractivity contribution in [2.75, 3.05) is 18.0 Å². The molecule has 0 unspecified atom stereocenters. The number of anilines is 1. The number of carboxylic acids is 1. The van der Waals surface area contributed by atoms with Crippen LogP contribution in [0.25, 0.3) is 0 Å². The van der Waals surface area contributed by atoms with Gasteiger partial charge in [-0.2, -0.15) is 0 Å². The van der Waals surface area contributed by atoms with Gasteiger partial charge < -0.3 is 15.1 Å². The molecule has 2 aliphatic heterocycles. The lowest BCUT2D eigenvalue weighted by Gasteiger charge is -2.36. The topological polar surface area (TPSA) is 60.8 Å². The van der Waals surface area contributed by atoms with Crippen molar-refractivity contribution >= 4 is 28.6 Å². The summed E-state index contributed by atoms with van der Waals surface area (Å²) in [7, 11) is 0. The number of carboxylic acid groups (broad SMARTS) is 1. The maximum Gasteiger partial charge on any atom is 0.300 e. The first-order valence-electron chi connectivity index (χ1n) is 6.37. The molecule has 0 radical (unpaired) electrons. The van der Waals surface area contributed by atoms with Crippen LogP contribution in [0, 0.1) is 0 Å². The number of phenols is 1. The van der Waals surface area contributed by atoms with Gasteiger partial charge in [0.05, 0.1) is 0 Å². The van der Waals surface area contributed by atoms with Crippen molar-refractivity contribution in [2.24, 2.45) is 0 Å². The van der Waals surface area contributed by atoms with Crippen molar-refractivity contribution in [3.8, 4) is 5.75 Å².